The van der Waals surface area contributed by atoms with Gasteiger partial charge < -0.3 is 9.64 Å². The minimum absolute atomic E-state index is 0.170. The van der Waals surface area contributed by atoms with Gasteiger partial charge in [-0.1, -0.05) is 13.8 Å². The maximum absolute atomic E-state index is 12.3. The number of anilines is 1. The molecule has 1 aromatic heterocycles. The number of hydrogen-bond donors (Lipinski definition) is 1. The Balaban J connectivity index is 1.94. The van der Waals surface area contributed by atoms with E-state index in [1.165, 1.54) is 17.9 Å². The summed E-state index contributed by atoms with van der Waals surface area (Å²) in [5, 5.41) is 6.86. The number of esters is 1. The summed E-state index contributed by atoms with van der Waals surface area (Å²) < 4.78 is 6.06. The molecule has 0 unspecified atom stereocenters. The molecule has 1 aliphatic rings. The van der Waals surface area contributed by atoms with Gasteiger partial charge in [-0.15, -0.1) is 0 Å². The summed E-state index contributed by atoms with van der Waals surface area (Å²) >= 11 is 0. The SMILES string of the molecule is COC(=O)c1cc(NC(=O)N2CCC(C(C)C)CC2)nn1C. The summed E-state index contributed by atoms with van der Waals surface area (Å²) in [5.74, 6) is 1.22. The molecule has 0 spiro atoms. The molecule has 1 saturated heterocycles. The number of nitrogens with zero attached hydrogens (tertiary/aromatic N) is 3. The van der Waals surface area contributed by atoms with E-state index in [0.29, 0.717) is 23.3 Å². The van der Waals surface area contributed by atoms with Crippen molar-refractivity contribution in [2.75, 3.05) is 25.5 Å². The third-order valence-corrected chi connectivity index (χ3v) is 4.28. The number of hydrogen-bond acceptors (Lipinski definition) is 4. The average molecular weight is 308 g/mol. The second kappa shape index (κ2) is 6.81. The zero-order valence-corrected chi connectivity index (χ0v) is 13.6. The number of carbonyl (C=O) groups is 2. The van der Waals surface area contributed by atoms with E-state index in [9.17, 15) is 9.59 Å². The number of carbonyl (C=O) groups excluding carboxylic acids is 2. The van der Waals surface area contributed by atoms with Gasteiger partial charge in [0.25, 0.3) is 0 Å². The van der Waals surface area contributed by atoms with Gasteiger partial charge in [-0.3, -0.25) is 10.00 Å². The fourth-order valence-electron chi connectivity index (χ4n) is 2.78. The molecule has 7 nitrogen and oxygen atoms in total. The molecule has 1 aliphatic heterocycles. The molecule has 1 fully saturated rings. The fraction of sp³-hybridized carbons (Fsp3) is 0.667. The van der Waals surface area contributed by atoms with E-state index in [0.717, 1.165) is 25.9 Å². The van der Waals surface area contributed by atoms with Gasteiger partial charge in [-0.2, -0.15) is 5.10 Å². The van der Waals surface area contributed by atoms with E-state index >= 15 is 0 Å². The molecule has 1 aromatic rings. The molecule has 0 saturated carbocycles. The lowest BCUT2D eigenvalue weighted by Crippen LogP contribution is -2.41. The van der Waals surface area contributed by atoms with Crippen LogP contribution in [0.5, 0.6) is 0 Å². The number of ether oxygens (including phenoxy) is 1. The van der Waals surface area contributed by atoms with Gasteiger partial charge in [-0.25, -0.2) is 9.59 Å². The number of amides is 2. The maximum atomic E-state index is 12.3. The van der Waals surface area contributed by atoms with Crippen LogP contribution in [-0.2, 0) is 11.8 Å². The minimum Gasteiger partial charge on any atom is -0.464 e. The molecule has 2 rings (SSSR count). The second-order valence-electron chi connectivity index (χ2n) is 6.03. The van der Waals surface area contributed by atoms with Gasteiger partial charge in [-0.05, 0) is 24.7 Å². The molecule has 0 radical (unpaired) electrons. The first-order valence-corrected chi connectivity index (χ1v) is 7.60. The van der Waals surface area contributed by atoms with Crippen LogP contribution in [0.3, 0.4) is 0 Å². The largest absolute Gasteiger partial charge is 0.464 e. The Morgan fingerprint density at radius 2 is 2.00 bits per heavy atom. The smallest absolute Gasteiger partial charge is 0.356 e. The molecule has 0 aliphatic carbocycles. The molecule has 0 bridgehead atoms. The van der Waals surface area contributed by atoms with Crippen molar-refractivity contribution >= 4 is 17.8 Å². The topological polar surface area (TPSA) is 76.5 Å². The van der Waals surface area contributed by atoms with Crippen LogP contribution in [0.4, 0.5) is 10.6 Å². The first-order valence-electron chi connectivity index (χ1n) is 7.60. The van der Waals surface area contributed by atoms with Crippen molar-refractivity contribution in [2.24, 2.45) is 18.9 Å². The van der Waals surface area contributed by atoms with Gasteiger partial charge in [0.1, 0.15) is 5.69 Å². The van der Waals surface area contributed by atoms with Gasteiger partial charge in [0.15, 0.2) is 5.82 Å². The minimum atomic E-state index is -0.478. The highest BCUT2D eigenvalue weighted by atomic mass is 16.5. The van der Waals surface area contributed by atoms with Gasteiger partial charge in [0.2, 0.25) is 0 Å². The molecule has 22 heavy (non-hydrogen) atoms. The Morgan fingerprint density at radius 1 is 1.36 bits per heavy atom. The lowest BCUT2D eigenvalue weighted by molar-refractivity contribution is 0.0588. The summed E-state index contributed by atoms with van der Waals surface area (Å²) in [6.07, 6.45) is 2.06. The Morgan fingerprint density at radius 3 is 2.55 bits per heavy atom. The predicted octanol–water partition coefficient (Wildman–Crippen LogP) is 2.11. The summed E-state index contributed by atoms with van der Waals surface area (Å²) in [6, 6.07) is 1.35. The van der Waals surface area contributed by atoms with Crippen molar-refractivity contribution in [3.8, 4) is 0 Å². The summed E-state index contributed by atoms with van der Waals surface area (Å²) in [4.78, 5) is 25.6. The summed E-state index contributed by atoms with van der Waals surface area (Å²) in [7, 11) is 2.95. The highest BCUT2D eigenvalue weighted by Gasteiger charge is 2.25. The molecule has 7 heteroatoms. The van der Waals surface area contributed by atoms with Crippen LogP contribution in [0, 0.1) is 11.8 Å². The fourth-order valence-corrected chi connectivity index (χ4v) is 2.78. The van der Waals surface area contributed by atoms with E-state index in [2.05, 4.69) is 29.0 Å². The highest BCUT2D eigenvalue weighted by molar-refractivity contribution is 5.92. The quantitative estimate of drug-likeness (QED) is 0.868. The number of nitrogens with one attached hydrogen (secondary N) is 1. The average Bonchev–Trinajstić information content (AvgIpc) is 2.87. The van der Waals surface area contributed by atoms with Crippen LogP contribution in [0.1, 0.15) is 37.2 Å². The predicted molar refractivity (Wildman–Crippen MR) is 82.7 cm³/mol. The first-order chi connectivity index (χ1) is 10.4. The van der Waals surface area contributed by atoms with Crippen molar-refractivity contribution in [3.63, 3.8) is 0 Å². The van der Waals surface area contributed by atoms with E-state index in [4.69, 9.17) is 0 Å². The van der Waals surface area contributed by atoms with Crippen molar-refractivity contribution < 1.29 is 14.3 Å². The van der Waals surface area contributed by atoms with Crippen molar-refractivity contribution in [1.29, 1.82) is 0 Å². The molecule has 2 amide bonds. The Bertz CT molecular complexity index is 545. The number of methoxy groups -OCH3 is 1. The standard InChI is InChI=1S/C15H24N4O3/c1-10(2)11-5-7-19(8-6-11)15(21)16-13-9-12(14(20)22-4)18(3)17-13/h9-11H,5-8H2,1-4H3,(H,16,17,21). The number of piperidine rings is 1. The summed E-state index contributed by atoms with van der Waals surface area (Å²) in [6.45, 7) is 5.96. The third kappa shape index (κ3) is 3.58. The molecule has 0 aromatic carbocycles. The number of aromatic nitrogens is 2. The monoisotopic (exact) mass is 308 g/mol. The zero-order chi connectivity index (χ0) is 16.3. The van der Waals surface area contributed by atoms with Crippen LogP contribution >= 0.6 is 0 Å². The number of likely N-dealkylation sites (tertiary alicyclic amines) is 1. The normalized spacial score (nSPS) is 16.0. The van der Waals surface area contributed by atoms with Gasteiger partial charge >= 0.3 is 12.0 Å². The van der Waals surface area contributed by atoms with Crippen LogP contribution < -0.4 is 5.32 Å². The Labute approximate surface area is 130 Å². The number of urea groups is 1. The number of rotatable bonds is 3. The highest BCUT2D eigenvalue weighted by Crippen LogP contribution is 2.24. The summed E-state index contributed by atoms with van der Waals surface area (Å²) in [5.41, 5.74) is 0.302. The molecular formula is C15H24N4O3. The van der Waals surface area contributed by atoms with Crippen molar-refractivity contribution in [3.05, 3.63) is 11.8 Å². The number of aryl methyl sites for hydroxylation is 1. The van der Waals surface area contributed by atoms with Crippen LogP contribution in [0.15, 0.2) is 6.07 Å². The van der Waals surface area contributed by atoms with E-state index in [1.807, 2.05) is 0 Å². The van der Waals surface area contributed by atoms with Gasteiger partial charge in [0, 0.05) is 26.2 Å². The second-order valence-corrected chi connectivity index (χ2v) is 6.03. The molecule has 1 N–H and O–H groups in total. The zero-order valence-electron chi connectivity index (χ0n) is 13.6. The molecule has 122 valence electrons. The lowest BCUT2D eigenvalue weighted by Gasteiger charge is -2.33. The van der Waals surface area contributed by atoms with Crippen molar-refractivity contribution in [2.45, 2.75) is 26.7 Å². The molecule has 2 heterocycles. The van der Waals surface area contributed by atoms with Gasteiger partial charge in [0.05, 0.1) is 7.11 Å². The first kappa shape index (κ1) is 16.3. The van der Waals surface area contributed by atoms with Crippen LogP contribution in [-0.4, -0.2) is 46.9 Å². The van der Waals surface area contributed by atoms with Crippen molar-refractivity contribution in [1.82, 2.24) is 14.7 Å². The Hall–Kier alpha value is -2.05. The van der Waals surface area contributed by atoms with E-state index in [1.54, 1.807) is 11.9 Å². The lowest BCUT2D eigenvalue weighted by atomic mass is 9.87. The Kier molecular flexibility index (Phi) is 5.05. The van der Waals surface area contributed by atoms with E-state index < -0.39 is 5.97 Å². The molecular weight excluding hydrogens is 284 g/mol. The molecule has 0 atom stereocenters. The van der Waals surface area contributed by atoms with E-state index in [-0.39, 0.29) is 6.03 Å². The van der Waals surface area contributed by atoms with Crippen LogP contribution in [0.25, 0.3) is 0 Å². The third-order valence-electron chi connectivity index (χ3n) is 4.28. The van der Waals surface area contributed by atoms with Crippen LogP contribution in [0.2, 0.25) is 0 Å². The maximum Gasteiger partial charge on any atom is 0.356 e.